The molecule has 4 aromatic rings. The number of hydrogen-bond donors (Lipinski definition) is 1. The van der Waals surface area contributed by atoms with Crippen molar-refractivity contribution in [2.75, 3.05) is 0 Å². The summed E-state index contributed by atoms with van der Waals surface area (Å²) in [6, 6.07) is 24.3. The summed E-state index contributed by atoms with van der Waals surface area (Å²) in [6.45, 7) is 0.675. The second-order valence-electron chi connectivity index (χ2n) is 6.27. The van der Waals surface area contributed by atoms with Gasteiger partial charge in [-0.1, -0.05) is 42.5 Å². The molecule has 4 nitrogen and oxygen atoms in total. The lowest BCUT2D eigenvalue weighted by atomic mass is 10.1. The van der Waals surface area contributed by atoms with Gasteiger partial charge in [-0.3, -0.25) is 4.79 Å². The molecule has 0 saturated heterocycles. The number of carbonyl (C=O) groups excluding carboxylic acids is 1. The summed E-state index contributed by atoms with van der Waals surface area (Å²) < 4.78 is 2.10. The third-order valence-corrected chi connectivity index (χ3v) is 4.40. The second-order valence-corrected chi connectivity index (χ2v) is 6.27. The van der Waals surface area contributed by atoms with Crippen molar-refractivity contribution in [1.82, 2.24) is 9.55 Å². The Hall–Kier alpha value is -3.66. The number of nitrogens with zero attached hydrogens (tertiary/aromatic N) is 2. The van der Waals surface area contributed by atoms with Gasteiger partial charge in [0.15, 0.2) is 5.78 Å². The van der Waals surface area contributed by atoms with Crippen LogP contribution in [-0.2, 0) is 6.54 Å². The average molecular weight is 354 g/mol. The predicted octanol–water partition coefficient (Wildman–Crippen LogP) is 4.69. The highest BCUT2D eigenvalue weighted by Crippen LogP contribution is 2.19. The summed E-state index contributed by atoms with van der Waals surface area (Å²) in [6.07, 6.45) is 3.27. The molecule has 1 N–H and O–H groups in total. The number of aromatic nitrogens is 2. The lowest BCUT2D eigenvalue weighted by molar-refractivity contribution is 0.104. The van der Waals surface area contributed by atoms with Crippen LogP contribution < -0.4 is 0 Å². The molecule has 0 aliphatic rings. The first-order valence-electron chi connectivity index (χ1n) is 8.71. The fourth-order valence-corrected chi connectivity index (χ4v) is 3.03. The Morgan fingerprint density at radius 1 is 0.926 bits per heavy atom. The molecule has 132 valence electrons. The number of ketones is 1. The first kappa shape index (κ1) is 16.8. The standard InChI is InChI=1S/C23H18N2O2/c26-19-12-10-18(11-13-19)22(27)14-15-23-24-20-8-4-5-9-21(20)25(23)16-17-6-2-1-3-7-17/h1-15,26H,16H2/b15-14+. The average Bonchev–Trinajstić information content (AvgIpc) is 3.05. The van der Waals surface area contributed by atoms with Crippen LogP contribution in [0, 0.1) is 0 Å². The quantitative estimate of drug-likeness (QED) is 0.418. The highest BCUT2D eigenvalue weighted by atomic mass is 16.3. The molecule has 1 heterocycles. The van der Waals surface area contributed by atoms with Crippen LogP contribution in [0.3, 0.4) is 0 Å². The van der Waals surface area contributed by atoms with Crippen LogP contribution in [0.2, 0.25) is 0 Å². The van der Waals surface area contributed by atoms with Crippen molar-refractivity contribution in [1.29, 1.82) is 0 Å². The summed E-state index contributed by atoms with van der Waals surface area (Å²) in [5, 5.41) is 9.36. The summed E-state index contributed by atoms with van der Waals surface area (Å²) in [5.41, 5.74) is 3.61. The predicted molar refractivity (Wildman–Crippen MR) is 107 cm³/mol. The van der Waals surface area contributed by atoms with Crippen molar-refractivity contribution in [3.63, 3.8) is 0 Å². The number of phenolic OH excluding ortho intramolecular Hbond substituents is 1. The van der Waals surface area contributed by atoms with Crippen molar-refractivity contribution in [3.05, 3.63) is 102 Å². The first-order valence-corrected chi connectivity index (χ1v) is 8.71. The van der Waals surface area contributed by atoms with Crippen molar-refractivity contribution < 1.29 is 9.90 Å². The number of phenols is 1. The van der Waals surface area contributed by atoms with E-state index in [9.17, 15) is 9.90 Å². The maximum absolute atomic E-state index is 12.4. The van der Waals surface area contributed by atoms with E-state index in [0.717, 1.165) is 16.9 Å². The van der Waals surface area contributed by atoms with Gasteiger partial charge < -0.3 is 9.67 Å². The Morgan fingerprint density at radius 3 is 2.41 bits per heavy atom. The van der Waals surface area contributed by atoms with Crippen LogP contribution in [0.4, 0.5) is 0 Å². The maximum Gasteiger partial charge on any atom is 0.185 e. The molecule has 0 aliphatic carbocycles. The zero-order chi connectivity index (χ0) is 18.6. The fourth-order valence-electron chi connectivity index (χ4n) is 3.03. The molecule has 0 fully saturated rings. The molecule has 4 heteroatoms. The molecule has 0 bridgehead atoms. The molecule has 0 atom stereocenters. The molecule has 1 aromatic heterocycles. The number of para-hydroxylation sites is 2. The van der Waals surface area contributed by atoms with E-state index in [1.54, 1.807) is 18.2 Å². The molecule has 0 saturated carbocycles. The number of imidazole rings is 1. The van der Waals surface area contributed by atoms with Gasteiger partial charge in [0.1, 0.15) is 11.6 Å². The van der Waals surface area contributed by atoms with E-state index in [4.69, 9.17) is 0 Å². The molecule has 3 aromatic carbocycles. The minimum Gasteiger partial charge on any atom is -0.508 e. The Kier molecular flexibility index (Phi) is 4.54. The molecule has 0 radical (unpaired) electrons. The second kappa shape index (κ2) is 7.30. The number of rotatable bonds is 5. The van der Waals surface area contributed by atoms with Gasteiger partial charge in [0, 0.05) is 12.1 Å². The number of fused-ring (bicyclic) bond motifs is 1. The topological polar surface area (TPSA) is 55.1 Å². The lowest BCUT2D eigenvalue weighted by Gasteiger charge is -2.07. The van der Waals surface area contributed by atoms with E-state index >= 15 is 0 Å². The Bertz CT molecular complexity index is 1110. The first-order chi connectivity index (χ1) is 13.2. The van der Waals surface area contributed by atoms with Gasteiger partial charge in [0.05, 0.1) is 11.0 Å². The molecule has 4 rings (SSSR count). The molecule has 0 spiro atoms. The maximum atomic E-state index is 12.4. The summed E-state index contributed by atoms with van der Waals surface area (Å²) in [4.78, 5) is 17.1. The monoisotopic (exact) mass is 354 g/mol. The SMILES string of the molecule is O=C(/C=C/c1nc2ccccc2n1Cc1ccccc1)c1ccc(O)cc1. The minimum atomic E-state index is -0.131. The van der Waals surface area contributed by atoms with E-state index in [1.165, 1.54) is 23.8 Å². The Labute approximate surface area is 157 Å². The van der Waals surface area contributed by atoms with E-state index in [0.29, 0.717) is 12.1 Å². The normalized spacial score (nSPS) is 11.3. The van der Waals surface area contributed by atoms with Crippen molar-refractivity contribution in [2.24, 2.45) is 0 Å². The van der Waals surface area contributed by atoms with Crippen molar-refractivity contribution in [2.45, 2.75) is 6.54 Å². The summed E-state index contributed by atoms with van der Waals surface area (Å²) in [5.74, 6) is 0.737. The molecular weight excluding hydrogens is 336 g/mol. The van der Waals surface area contributed by atoms with E-state index < -0.39 is 0 Å². The summed E-state index contributed by atoms with van der Waals surface area (Å²) >= 11 is 0. The Balaban J connectivity index is 1.69. The number of allylic oxidation sites excluding steroid dienone is 1. The Morgan fingerprint density at radius 2 is 1.63 bits per heavy atom. The fraction of sp³-hybridized carbons (Fsp3) is 0.0435. The van der Waals surface area contributed by atoms with Crippen molar-refractivity contribution >= 4 is 22.9 Å². The van der Waals surface area contributed by atoms with E-state index in [2.05, 4.69) is 21.7 Å². The molecule has 0 amide bonds. The largest absolute Gasteiger partial charge is 0.508 e. The van der Waals surface area contributed by atoms with Crippen LogP contribution >= 0.6 is 0 Å². The van der Waals surface area contributed by atoms with E-state index in [1.807, 2.05) is 42.5 Å². The molecular formula is C23H18N2O2. The lowest BCUT2D eigenvalue weighted by Crippen LogP contribution is -2.02. The van der Waals surface area contributed by atoms with Crippen molar-refractivity contribution in [3.8, 4) is 5.75 Å². The third-order valence-electron chi connectivity index (χ3n) is 4.40. The van der Waals surface area contributed by atoms with Crippen LogP contribution in [-0.4, -0.2) is 20.4 Å². The van der Waals surface area contributed by atoms with Gasteiger partial charge in [0.2, 0.25) is 0 Å². The van der Waals surface area contributed by atoms with Gasteiger partial charge in [-0.15, -0.1) is 0 Å². The molecule has 0 unspecified atom stereocenters. The smallest absolute Gasteiger partial charge is 0.185 e. The van der Waals surface area contributed by atoms with Gasteiger partial charge in [0.25, 0.3) is 0 Å². The zero-order valence-corrected chi connectivity index (χ0v) is 14.6. The number of carbonyl (C=O) groups is 1. The number of hydrogen-bond acceptors (Lipinski definition) is 3. The minimum absolute atomic E-state index is 0.131. The highest BCUT2D eigenvalue weighted by molar-refractivity contribution is 6.06. The van der Waals surface area contributed by atoms with Gasteiger partial charge in [-0.25, -0.2) is 4.98 Å². The zero-order valence-electron chi connectivity index (χ0n) is 14.6. The third kappa shape index (κ3) is 3.65. The van der Waals surface area contributed by atoms with E-state index in [-0.39, 0.29) is 11.5 Å². The van der Waals surface area contributed by atoms with Crippen LogP contribution in [0.15, 0.2) is 84.9 Å². The van der Waals surface area contributed by atoms with Crippen LogP contribution in [0.25, 0.3) is 17.1 Å². The molecule has 0 aliphatic heterocycles. The van der Waals surface area contributed by atoms with Gasteiger partial charge >= 0.3 is 0 Å². The van der Waals surface area contributed by atoms with Gasteiger partial charge in [-0.05, 0) is 54.1 Å². The van der Waals surface area contributed by atoms with Crippen LogP contribution in [0.5, 0.6) is 5.75 Å². The summed E-state index contributed by atoms with van der Waals surface area (Å²) in [7, 11) is 0. The molecule has 27 heavy (non-hydrogen) atoms. The van der Waals surface area contributed by atoms with Crippen LogP contribution in [0.1, 0.15) is 21.7 Å². The number of aromatic hydroxyl groups is 1. The number of benzene rings is 3. The van der Waals surface area contributed by atoms with Gasteiger partial charge in [-0.2, -0.15) is 0 Å². The highest BCUT2D eigenvalue weighted by Gasteiger charge is 2.09.